The number of aromatic nitrogens is 4. The molecule has 40 heavy (non-hydrogen) atoms. The first-order valence-corrected chi connectivity index (χ1v) is 14.6. The highest BCUT2D eigenvalue weighted by atomic mass is 32.2. The van der Waals surface area contributed by atoms with E-state index in [-0.39, 0.29) is 10.8 Å². The van der Waals surface area contributed by atoms with Gasteiger partial charge in [0, 0.05) is 71.5 Å². The number of nitrogens with zero attached hydrogens (tertiary/aromatic N) is 7. The van der Waals surface area contributed by atoms with E-state index >= 15 is 4.39 Å². The molecule has 4 aromatic rings. The molecular weight excluding hydrogens is 539 g/mol. The van der Waals surface area contributed by atoms with Gasteiger partial charge in [0.1, 0.15) is 11.5 Å². The van der Waals surface area contributed by atoms with Crippen molar-refractivity contribution in [3.05, 3.63) is 48.5 Å². The Bertz CT molecular complexity index is 1580. The SMILES string of the molecule is Nc1nc(NCCN2CCN(c3ccc(S(=O)(=O)N4CCNCC4)cc3F)CC2)nc2cc(-c3ccco3)nn12. The van der Waals surface area contributed by atoms with Crippen LogP contribution in [0.25, 0.3) is 17.1 Å². The van der Waals surface area contributed by atoms with E-state index in [1.165, 1.54) is 14.9 Å². The Balaban J connectivity index is 1.02. The molecule has 2 fully saturated rings. The van der Waals surface area contributed by atoms with Crippen LogP contribution in [-0.4, -0.2) is 103 Å². The van der Waals surface area contributed by atoms with E-state index in [2.05, 4.69) is 30.6 Å². The first-order valence-electron chi connectivity index (χ1n) is 13.2. The average Bonchev–Trinajstić information content (AvgIpc) is 3.65. The van der Waals surface area contributed by atoms with Gasteiger partial charge in [0.05, 0.1) is 16.8 Å². The average molecular weight is 571 g/mol. The summed E-state index contributed by atoms with van der Waals surface area (Å²) in [5.74, 6) is 0.723. The van der Waals surface area contributed by atoms with Crippen molar-refractivity contribution >= 4 is 33.3 Å². The van der Waals surface area contributed by atoms with Crippen LogP contribution in [-0.2, 0) is 10.0 Å². The zero-order valence-corrected chi connectivity index (χ0v) is 22.6. The van der Waals surface area contributed by atoms with E-state index in [0.717, 1.165) is 25.7 Å². The molecule has 3 aromatic heterocycles. The number of nitrogens with two attached hydrogens (primary N) is 1. The Kier molecular flexibility index (Phi) is 7.27. The molecule has 0 unspecified atom stereocenters. The number of hydrogen-bond acceptors (Lipinski definition) is 11. The van der Waals surface area contributed by atoms with Crippen LogP contribution in [0.5, 0.6) is 0 Å². The fraction of sp³-hybridized carbons (Fsp3) is 0.400. The minimum atomic E-state index is -3.71. The molecule has 0 aliphatic carbocycles. The van der Waals surface area contributed by atoms with E-state index in [0.29, 0.717) is 74.6 Å². The van der Waals surface area contributed by atoms with E-state index in [9.17, 15) is 8.42 Å². The molecule has 0 atom stereocenters. The molecule has 0 spiro atoms. The number of nitrogens with one attached hydrogen (secondary N) is 2. The maximum Gasteiger partial charge on any atom is 0.243 e. The molecule has 4 N–H and O–H groups in total. The van der Waals surface area contributed by atoms with Gasteiger partial charge in [0.15, 0.2) is 11.4 Å². The fourth-order valence-electron chi connectivity index (χ4n) is 5.01. The van der Waals surface area contributed by atoms with Gasteiger partial charge in [-0.2, -0.15) is 23.9 Å². The maximum atomic E-state index is 15.0. The number of hydrogen-bond donors (Lipinski definition) is 3. The third-order valence-corrected chi connectivity index (χ3v) is 9.07. The van der Waals surface area contributed by atoms with E-state index in [1.807, 2.05) is 11.0 Å². The predicted molar refractivity (Wildman–Crippen MR) is 148 cm³/mol. The number of sulfonamides is 1. The maximum absolute atomic E-state index is 15.0. The van der Waals surface area contributed by atoms with Crippen molar-refractivity contribution in [2.24, 2.45) is 0 Å². The summed E-state index contributed by atoms with van der Waals surface area (Å²) in [6.45, 7) is 6.01. The number of rotatable bonds is 8. The summed E-state index contributed by atoms with van der Waals surface area (Å²) in [4.78, 5) is 13.0. The van der Waals surface area contributed by atoms with Crippen LogP contribution in [0.2, 0.25) is 0 Å². The number of anilines is 3. The summed E-state index contributed by atoms with van der Waals surface area (Å²) in [6.07, 6.45) is 1.58. The Morgan fingerprint density at radius 1 is 1.05 bits per heavy atom. The molecular formula is C25H31FN10O3S. The summed E-state index contributed by atoms with van der Waals surface area (Å²) in [6, 6.07) is 9.61. The lowest BCUT2D eigenvalue weighted by atomic mass is 10.2. The molecule has 0 saturated carbocycles. The Hall–Kier alpha value is -3.79. The molecule has 0 amide bonds. The van der Waals surface area contributed by atoms with Crippen molar-refractivity contribution in [1.29, 1.82) is 0 Å². The van der Waals surface area contributed by atoms with Crippen LogP contribution in [0.3, 0.4) is 0 Å². The molecule has 15 heteroatoms. The highest BCUT2D eigenvalue weighted by molar-refractivity contribution is 7.89. The summed E-state index contributed by atoms with van der Waals surface area (Å²) in [5, 5.41) is 10.7. The highest BCUT2D eigenvalue weighted by Gasteiger charge is 2.28. The molecule has 2 aliphatic heterocycles. The van der Waals surface area contributed by atoms with Crippen molar-refractivity contribution in [3.63, 3.8) is 0 Å². The van der Waals surface area contributed by atoms with Crippen molar-refractivity contribution in [3.8, 4) is 11.5 Å². The lowest BCUT2D eigenvalue weighted by Crippen LogP contribution is -2.48. The first-order chi connectivity index (χ1) is 19.4. The summed E-state index contributed by atoms with van der Waals surface area (Å²) in [7, 11) is -3.71. The molecule has 2 saturated heterocycles. The number of fused-ring (bicyclic) bond motifs is 1. The molecule has 0 bridgehead atoms. The smallest absolute Gasteiger partial charge is 0.243 e. The third-order valence-electron chi connectivity index (χ3n) is 7.18. The van der Waals surface area contributed by atoms with Crippen LogP contribution >= 0.6 is 0 Å². The fourth-order valence-corrected chi connectivity index (χ4v) is 6.46. The first kappa shape index (κ1) is 26.4. The van der Waals surface area contributed by atoms with Crippen LogP contribution in [0, 0.1) is 5.82 Å². The topological polar surface area (TPSA) is 150 Å². The largest absolute Gasteiger partial charge is 0.463 e. The predicted octanol–water partition coefficient (Wildman–Crippen LogP) is 0.934. The minimum Gasteiger partial charge on any atom is -0.463 e. The van der Waals surface area contributed by atoms with Crippen LogP contribution in [0.4, 0.5) is 22.0 Å². The van der Waals surface area contributed by atoms with Crippen molar-refractivity contribution in [2.45, 2.75) is 4.90 Å². The molecule has 1 aromatic carbocycles. The van der Waals surface area contributed by atoms with Gasteiger partial charge in [-0.3, -0.25) is 4.90 Å². The summed E-state index contributed by atoms with van der Waals surface area (Å²) >= 11 is 0. The van der Waals surface area contributed by atoms with E-state index in [1.54, 1.807) is 24.5 Å². The molecule has 0 radical (unpaired) electrons. The molecule has 13 nitrogen and oxygen atoms in total. The van der Waals surface area contributed by atoms with Crippen LogP contribution in [0.1, 0.15) is 0 Å². The number of piperazine rings is 2. The zero-order valence-electron chi connectivity index (χ0n) is 21.8. The van der Waals surface area contributed by atoms with Gasteiger partial charge in [-0.05, 0) is 30.3 Å². The van der Waals surface area contributed by atoms with E-state index in [4.69, 9.17) is 10.2 Å². The molecule has 5 heterocycles. The normalized spacial score (nSPS) is 17.5. The van der Waals surface area contributed by atoms with E-state index < -0.39 is 15.8 Å². The number of nitrogen functional groups attached to an aromatic ring is 1. The quantitative estimate of drug-likeness (QED) is 0.278. The van der Waals surface area contributed by atoms with Crippen LogP contribution in [0.15, 0.2) is 52.0 Å². The van der Waals surface area contributed by atoms with Crippen molar-refractivity contribution in [2.75, 3.05) is 81.4 Å². The highest BCUT2D eigenvalue weighted by Crippen LogP contribution is 2.26. The second-order valence-corrected chi connectivity index (χ2v) is 11.6. The number of halogens is 1. The zero-order chi connectivity index (χ0) is 27.7. The summed E-state index contributed by atoms with van der Waals surface area (Å²) in [5.41, 5.74) is 7.68. The van der Waals surface area contributed by atoms with Gasteiger partial charge < -0.3 is 25.7 Å². The molecule has 2 aliphatic rings. The van der Waals surface area contributed by atoms with Crippen molar-refractivity contribution in [1.82, 2.24) is 34.1 Å². The molecule has 212 valence electrons. The van der Waals surface area contributed by atoms with Gasteiger partial charge >= 0.3 is 0 Å². The van der Waals surface area contributed by atoms with Crippen molar-refractivity contribution < 1.29 is 17.2 Å². The van der Waals surface area contributed by atoms with Gasteiger partial charge in [-0.1, -0.05) is 0 Å². The van der Waals surface area contributed by atoms with Gasteiger partial charge in [-0.15, -0.1) is 0 Å². The lowest BCUT2D eigenvalue weighted by molar-refractivity contribution is 0.266. The number of furan rings is 1. The second kappa shape index (κ2) is 11.0. The number of benzene rings is 1. The second-order valence-electron chi connectivity index (χ2n) is 9.71. The van der Waals surface area contributed by atoms with Gasteiger partial charge in [0.25, 0.3) is 0 Å². The Morgan fingerprint density at radius 3 is 2.58 bits per heavy atom. The van der Waals surface area contributed by atoms with Gasteiger partial charge in [0.2, 0.25) is 21.9 Å². The third kappa shape index (κ3) is 5.32. The monoisotopic (exact) mass is 570 g/mol. The molecule has 6 rings (SSSR count). The Morgan fingerprint density at radius 2 is 1.85 bits per heavy atom. The van der Waals surface area contributed by atoms with Gasteiger partial charge in [-0.25, -0.2) is 12.8 Å². The Labute approximate surface area is 230 Å². The standard InChI is InChI=1S/C25H31FN10O3S/c26-19-16-18(40(37,38)35-9-5-28-6-10-35)3-4-21(19)34-13-11-33(12-14-34)8-7-29-25-30-23-17-20(22-2-1-15-39-22)32-36(23)24(27)31-25/h1-4,15-17,28H,5-14H2,(H3,27,29,30,31). The van der Waals surface area contributed by atoms with Crippen LogP contribution < -0.4 is 21.3 Å². The summed E-state index contributed by atoms with van der Waals surface area (Å²) < 4.78 is 49.1. The minimum absolute atomic E-state index is 0.00507. The lowest BCUT2D eigenvalue weighted by Gasteiger charge is -2.36.